The van der Waals surface area contributed by atoms with Crippen LogP contribution < -0.4 is 4.74 Å². The van der Waals surface area contributed by atoms with Crippen LogP contribution in [0.4, 0.5) is 4.79 Å². The molecule has 1 atom stereocenters. The number of carbonyl (C=O) groups excluding carboxylic acids is 2. The van der Waals surface area contributed by atoms with Gasteiger partial charge in [0.2, 0.25) is 5.91 Å². The van der Waals surface area contributed by atoms with E-state index in [2.05, 4.69) is 0 Å². The van der Waals surface area contributed by atoms with Gasteiger partial charge in [0, 0.05) is 25.7 Å². The number of hydrogen-bond donors (Lipinski definition) is 0. The van der Waals surface area contributed by atoms with E-state index in [-0.39, 0.29) is 24.0 Å². The zero-order chi connectivity index (χ0) is 20.9. The molecule has 1 heterocycles. The summed E-state index contributed by atoms with van der Waals surface area (Å²) in [5.41, 5.74) is 0.523. The van der Waals surface area contributed by atoms with Crippen LogP contribution in [-0.2, 0) is 16.1 Å². The standard InChI is InChI=1S/C22H34N2O4/c1-16(2)24(14-17-9-11-19(27-6)12-10-17)20(25)18-8-7-13-23(15-18)21(26)28-22(3,4)5/h9-12,16,18H,7-8,13-15H2,1-6H3. The summed E-state index contributed by atoms with van der Waals surface area (Å²) in [5.74, 6) is 0.701. The molecule has 1 saturated heterocycles. The highest BCUT2D eigenvalue weighted by Crippen LogP contribution is 2.23. The van der Waals surface area contributed by atoms with Crippen LogP contribution in [0, 0.1) is 5.92 Å². The molecular weight excluding hydrogens is 356 g/mol. The van der Waals surface area contributed by atoms with Crippen molar-refractivity contribution < 1.29 is 19.1 Å². The van der Waals surface area contributed by atoms with Crippen molar-refractivity contribution in [3.05, 3.63) is 29.8 Å². The summed E-state index contributed by atoms with van der Waals surface area (Å²) in [4.78, 5) is 29.2. The van der Waals surface area contributed by atoms with Gasteiger partial charge in [0.1, 0.15) is 11.4 Å². The van der Waals surface area contributed by atoms with Crippen LogP contribution >= 0.6 is 0 Å². The van der Waals surface area contributed by atoms with Crippen molar-refractivity contribution in [2.45, 2.75) is 65.6 Å². The van der Waals surface area contributed by atoms with E-state index in [1.54, 1.807) is 12.0 Å². The minimum Gasteiger partial charge on any atom is -0.497 e. The van der Waals surface area contributed by atoms with Crippen molar-refractivity contribution in [2.75, 3.05) is 20.2 Å². The smallest absolute Gasteiger partial charge is 0.410 e. The average Bonchev–Trinajstić information content (AvgIpc) is 2.64. The first kappa shape index (κ1) is 22.1. The SMILES string of the molecule is COc1ccc(CN(C(=O)C2CCCN(C(=O)OC(C)(C)C)C2)C(C)C)cc1. The van der Waals surface area contributed by atoms with Crippen molar-refractivity contribution in [2.24, 2.45) is 5.92 Å². The summed E-state index contributed by atoms with van der Waals surface area (Å²) in [6.07, 6.45) is 1.27. The zero-order valence-corrected chi connectivity index (χ0v) is 18.0. The Bertz CT molecular complexity index is 664. The lowest BCUT2D eigenvalue weighted by atomic mass is 9.96. The number of piperidine rings is 1. The number of rotatable bonds is 5. The second-order valence-electron chi connectivity index (χ2n) is 8.67. The molecule has 6 nitrogen and oxygen atoms in total. The van der Waals surface area contributed by atoms with Gasteiger partial charge in [-0.05, 0) is 65.2 Å². The molecule has 1 aromatic carbocycles. The van der Waals surface area contributed by atoms with Gasteiger partial charge in [-0.2, -0.15) is 0 Å². The second kappa shape index (κ2) is 9.30. The molecule has 1 unspecified atom stereocenters. The molecule has 6 heteroatoms. The molecule has 0 spiro atoms. The summed E-state index contributed by atoms with van der Waals surface area (Å²) in [5, 5.41) is 0. The van der Waals surface area contributed by atoms with Gasteiger partial charge in [-0.1, -0.05) is 12.1 Å². The highest BCUT2D eigenvalue weighted by atomic mass is 16.6. The summed E-state index contributed by atoms with van der Waals surface area (Å²) < 4.78 is 10.7. The number of benzene rings is 1. The molecule has 2 amide bonds. The molecule has 28 heavy (non-hydrogen) atoms. The van der Waals surface area contributed by atoms with Gasteiger partial charge in [-0.25, -0.2) is 4.79 Å². The van der Waals surface area contributed by atoms with Crippen LogP contribution in [0.2, 0.25) is 0 Å². The van der Waals surface area contributed by atoms with E-state index in [0.29, 0.717) is 19.6 Å². The topological polar surface area (TPSA) is 59.1 Å². The van der Waals surface area contributed by atoms with Crippen LogP contribution in [0.3, 0.4) is 0 Å². The quantitative estimate of drug-likeness (QED) is 0.760. The van der Waals surface area contributed by atoms with Crippen LogP contribution in [-0.4, -0.2) is 53.6 Å². The lowest BCUT2D eigenvalue weighted by Crippen LogP contribution is -2.49. The monoisotopic (exact) mass is 390 g/mol. The maximum absolute atomic E-state index is 13.2. The Kier molecular flexibility index (Phi) is 7.33. The molecule has 0 aliphatic carbocycles. The number of likely N-dealkylation sites (tertiary alicyclic amines) is 1. The zero-order valence-electron chi connectivity index (χ0n) is 18.0. The van der Waals surface area contributed by atoms with Gasteiger partial charge < -0.3 is 19.3 Å². The first-order valence-corrected chi connectivity index (χ1v) is 10.0. The van der Waals surface area contributed by atoms with Crippen LogP contribution in [0.25, 0.3) is 0 Å². The Hall–Kier alpha value is -2.24. The fraction of sp³-hybridized carbons (Fsp3) is 0.636. The Morgan fingerprint density at radius 2 is 1.86 bits per heavy atom. The molecule has 0 saturated carbocycles. The van der Waals surface area contributed by atoms with Gasteiger partial charge in [-0.15, -0.1) is 0 Å². The summed E-state index contributed by atoms with van der Waals surface area (Å²) >= 11 is 0. The van der Waals surface area contributed by atoms with Gasteiger partial charge in [0.25, 0.3) is 0 Å². The minimum atomic E-state index is -0.535. The maximum Gasteiger partial charge on any atom is 0.410 e. The first-order valence-electron chi connectivity index (χ1n) is 10.0. The third kappa shape index (κ3) is 6.14. The molecule has 1 aliphatic heterocycles. The van der Waals surface area contributed by atoms with Gasteiger partial charge in [-0.3, -0.25) is 4.79 Å². The number of methoxy groups -OCH3 is 1. The third-order valence-corrected chi connectivity index (χ3v) is 4.84. The number of amides is 2. The fourth-order valence-corrected chi connectivity index (χ4v) is 3.35. The number of nitrogens with zero attached hydrogens (tertiary/aromatic N) is 2. The third-order valence-electron chi connectivity index (χ3n) is 4.84. The van der Waals surface area contributed by atoms with Crippen molar-refractivity contribution in [3.63, 3.8) is 0 Å². The predicted molar refractivity (Wildman–Crippen MR) is 109 cm³/mol. The lowest BCUT2D eigenvalue weighted by molar-refractivity contribution is -0.139. The highest BCUT2D eigenvalue weighted by Gasteiger charge is 2.33. The van der Waals surface area contributed by atoms with Gasteiger partial charge in [0.15, 0.2) is 0 Å². The number of hydrogen-bond acceptors (Lipinski definition) is 4. The van der Waals surface area contributed by atoms with E-state index in [9.17, 15) is 9.59 Å². The Balaban J connectivity index is 2.05. The van der Waals surface area contributed by atoms with E-state index in [1.165, 1.54) is 0 Å². The van der Waals surface area contributed by atoms with Gasteiger partial charge in [0.05, 0.1) is 13.0 Å². The summed E-state index contributed by atoms with van der Waals surface area (Å²) in [6, 6.07) is 7.85. The van der Waals surface area contributed by atoms with Crippen molar-refractivity contribution in [1.29, 1.82) is 0 Å². The molecule has 2 rings (SSSR count). The van der Waals surface area contributed by atoms with E-state index in [1.807, 2.05) is 63.8 Å². The van der Waals surface area contributed by atoms with Crippen molar-refractivity contribution in [1.82, 2.24) is 9.80 Å². The predicted octanol–water partition coefficient (Wildman–Crippen LogP) is 4.08. The van der Waals surface area contributed by atoms with Crippen molar-refractivity contribution in [3.8, 4) is 5.75 Å². The molecule has 0 bridgehead atoms. The molecular formula is C22H34N2O4. The van der Waals surface area contributed by atoms with Crippen LogP contribution in [0.15, 0.2) is 24.3 Å². The normalized spacial score (nSPS) is 17.4. The van der Waals surface area contributed by atoms with Crippen molar-refractivity contribution >= 4 is 12.0 Å². The fourth-order valence-electron chi connectivity index (χ4n) is 3.35. The average molecular weight is 391 g/mol. The molecule has 1 aromatic rings. The molecule has 156 valence electrons. The Labute approximate surface area is 168 Å². The number of ether oxygens (including phenoxy) is 2. The van der Waals surface area contributed by atoms with E-state index < -0.39 is 5.60 Å². The summed E-state index contributed by atoms with van der Waals surface area (Å²) in [7, 11) is 1.64. The second-order valence-corrected chi connectivity index (χ2v) is 8.67. The van der Waals surface area contributed by atoms with Gasteiger partial charge >= 0.3 is 6.09 Å². The van der Waals surface area contributed by atoms with E-state index in [0.717, 1.165) is 24.2 Å². The Morgan fingerprint density at radius 1 is 1.21 bits per heavy atom. The molecule has 0 radical (unpaired) electrons. The Morgan fingerprint density at radius 3 is 2.39 bits per heavy atom. The molecule has 0 N–H and O–H groups in total. The van der Waals surface area contributed by atoms with Crippen LogP contribution in [0.5, 0.6) is 5.75 Å². The first-order chi connectivity index (χ1) is 13.1. The summed E-state index contributed by atoms with van der Waals surface area (Å²) in [6.45, 7) is 11.2. The lowest BCUT2D eigenvalue weighted by Gasteiger charge is -2.37. The largest absolute Gasteiger partial charge is 0.497 e. The highest BCUT2D eigenvalue weighted by molar-refractivity contribution is 5.80. The molecule has 1 fully saturated rings. The molecule has 0 aromatic heterocycles. The van der Waals surface area contributed by atoms with E-state index >= 15 is 0 Å². The maximum atomic E-state index is 13.2. The number of carbonyl (C=O) groups is 2. The molecule has 1 aliphatic rings. The minimum absolute atomic E-state index is 0.0755. The van der Waals surface area contributed by atoms with Crippen LogP contribution in [0.1, 0.15) is 53.0 Å². The van der Waals surface area contributed by atoms with E-state index in [4.69, 9.17) is 9.47 Å².